The molecule has 0 aromatic carbocycles. The Balaban J connectivity index is 0. The maximum atomic E-state index is 8.70. The van der Waals surface area contributed by atoms with Crippen molar-refractivity contribution in [3.63, 3.8) is 0 Å². The van der Waals surface area contributed by atoms with Gasteiger partial charge < -0.3 is 15.9 Å². The van der Waals surface area contributed by atoms with Crippen LogP contribution >= 0.6 is 0 Å². The van der Waals surface area contributed by atoms with E-state index in [2.05, 4.69) is 0 Å². The second-order valence-corrected chi connectivity index (χ2v) is 4.19. The molecule has 0 bridgehead atoms. The molecule has 0 aliphatic carbocycles. The third-order valence-electron chi connectivity index (χ3n) is 0.500. The van der Waals surface area contributed by atoms with Gasteiger partial charge in [-0.25, -0.2) is 0 Å². The predicted molar refractivity (Wildman–Crippen MR) is 47.3 cm³/mol. The minimum absolute atomic E-state index is 0.326. The third-order valence-corrected chi connectivity index (χ3v) is 0.500. The number of hydrogen-bond donors (Lipinski definition) is 3. The maximum Gasteiger partial charge on any atom is 0.0713 e. The fourth-order valence-corrected chi connectivity index (χ4v) is 0. The summed E-state index contributed by atoms with van der Waals surface area (Å²) < 4.78 is 0. The van der Waals surface area contributed by atoms with E-state index in [1.165, 1.54) is 0 Å². The highest BCUT2D eigenvalue weighted by Gasteiger charge is 2.06. The zero-order chi connectivity index (χ0) is 9.71. The molecule has 0 spiro atoms. The molecule has 0 heterocycles. The van der Waals surface area contributed by atoms with E-state index in [1.54, 1.807) is 34.6 Å². The van der Waals surface area contributed by atoms with Crippen LogP contribution < -0.4 is 5.73 Å². The first-order chi connectivity index (χ1) is 4.56. The van der Waals surface area contributed by atoms with Crippen molar-refractivity contribution in [1.82, 2.24) is 0 Å². The van der Waals surface area contributed by atoms with Gasteiger partial charge in [-0.05, 0) is 34.6 Å². The van der Waals surface area contributed by atoms with Crippen molar-refractivity contribution in [2.24, 2.45) is 5.73 Å². The normalized spacial score (nSPS) is 12.0. The molecule has 11 heavy (non-hydrogen) atoms. The molecule has 0 radical (unpaired) electrons. The summed E-state index contributed by atoms with van der Waals surface area (Å²) in [6, 6.07) is 0. The van der Waals surface area contributed by atoms with E-state index >= 15 is 0 Å². The summed E-state index contributed by atoms with van der Waals surface area (Å²) in [5, 5.41) is 17.2. The Morgan fingerprint density at radius 3 is 1.09 bits per heavy atom. The molecule has 0 aliphatic rings. The highest BCUT2D eigenvalue weighted by Crippen LogP contribution is 1.93. The summed E-state index contributed by atoms with van der Waals surface area (Å²) in [6.45, 7) is 8.90. The van der Waals surface area contributed by atoms with Crippen LogP contribution in [0.25, 0.3) is 0 Å². The van der Waals surface area contributed by atoms with Gasteiger partial charge in [-0.2, -0.15) is 0 Å². The lowest BCUT2D eigenvalue weighted by molar-refractivity contribution is 0.0898. The van der Waals surface area contributed by atoms with Crippen molar-refractivity contribution in [1.29, 1.82) is 0 Å². The predicted octanol–water partition coefficient (Wildman–Crippen LogP) is 0.493. The molecule has 3 heteroatoms. The number of aliphatic hydroxyl groups is 2. The van der Waals surface area contributed by atoms with E-state index in [0.717, 1.165) is 0 Å². The Labute approximate surface area is 69.2 Å². The van der Waals surface area contributed by atoms with Crippen molar-refractivity contribution in [3.8, 4) is 0 Å². The molecule has 0 saturated heterocycles. The van der Waals surface area contributed by atoms with Crippen LogP contribution in [0.1, 0.15) is 34.6 Å². The first-order valence-corrected chi connectivity index (χ1v) is 3.71. The Morgan fingerprint density at radius 1 is 1.00 bits per heavy atom. The molecule has 0 fully saturated rings. The summed E-state index contributed by atoms with van der Waals surface area (Å²) in [5.74, 6) is 0. The molecule has 0 aliphatic heterocycles. The zero-order valence-corrected chi connectivity index (χ0v) is 8.18. The fourth-order valence-electron chi connectivity index (χ4n) is 0. The quantitative estimate of drug-likeness (QED) is 0.527. The minimum Gasteiger partial charge on any atom is -0.391 e. The Bertz CT molecular complexity index is 83.2. The maximum absolute atomic E-state index is 8.70. The first-order valence-electron chi connectivity index (χ1n) is 3.71. The van der Waals surface area contributed by atoms with E-state index in [0.29, 0.717) is 6.54 Å². The van der Waals surface area contributed by atoms with Gasteiger partial charge in [0.2, 0.25) is 0 Å². The average molecular weight is 163 g/mol. The summed E-state index contributed by atoms with van der Waals surface area (Å²) in [5.41, 5.74) is 3.88. The monoisotopic (exact) mass is 163 g/mol. The SMILES string of the molecule is CC(C)(C)O.CC(C)(O)CN. The second kappa shape index (κ2) is 4.70. The largest absolute Gasteiger partial charge is 0.391 e. The van der Waals surface area contributed by atoms with E-state index in [1.807, 2.05) is 0 Å². The van der Waals surface area contributed by atoms with E-state index in [-0.39, 0.29) is 0 Å². The topological polar surface area (TPSA) is 66.5 Å². The average Bonchev–Trinajstić information content (AvgIpc) is 1.59. The molecule has 0 amide bonds. The highest BCUT2D eigenvalue weighted by atomic mass is 16.3. The van der Waals surface area contributed by atoms with Crippen LogP contribution in [-0.2, 0) is 0 Å². The summed E-state index contributed by atoms with van der Waals surface area (Å²) in [4.78, 5) is 0. The molecular weight excluding hydrogens is 142 g/mol. The Kier molecular flexibility index (Phi) is 5.75. The molecule has 70 valence electrons. The van der Waals surface area contributed by atoms with Gasteiger partial charge in [-0.1, -0.05) is 0 Å². The first kappa shape index (κ1) is 13.5. The summed E-state index contributed by atoms with van der Waals surface area (Å²) in [6.07, 6.45) is 0. The molecule has 0 aromatic rings. The molecule has 0 saturated carbocycles. The fraction of sp³-hybridized carbons (Fsp3) is 1.00. The van der Waals surface area contributed by atoms with Crippen molar-refractivity contribution in [2.75, 3.05) is 6.54 Å². The summed E-state index contributed by atoms with van der Waals surface area (Å²) >= 11 is 0. The molecule has 0 atom stereocenters. The second-order valence-electron chi connectivity index (χ2n) is 4.19. The van der Waals surface area contributed by atoms with Gasteiger partial charge in [0.15, 0.2) is 0 Å². The van der Waals surface area contributed by atoms with Crippen LogP contribution in [-0.4, -0.2) is 28.0 Å². The van der Waals surface area contributed by atoms with Crippen LogP contribution in [0.5, 0.6) is 0 Å². The lowest BCUT2D eigenvalue weighted by atomic mass is 10.1. The highest BCUT2D eigenvalue weighted by molar-refractivity contribution is 4.63. The lowest BCUT2D eigenvalue weighted by Gasteiger charge is -2.11. The van der Waals surface area contributed by atoms with Crippen LogP contribution in [0.2, 0.25) is 0 Å². The van der Waals surface area contributed by atoms with E-state index in [9.17, 15) is 0 Å². The lowest BCUT2D eigenvalue weighted by Crippen LogP contribution is -2.29. The summed E-state index contributed by atoms with van der Waals surface area (Å²) in [7, 11) is 0. The molecule has 0 rings (SSSR count). The van der Waals surface area contributed by atoms with Crippen LogP contribution in [0.15, 0.2) is 0 Å². The smallest absolute Gasteiger partial charge is 0.0713 e. The molecule has 0 aromatic heterocycles. The Hall–Kier alpha value is -0.120. The zero-order valence-electron chi connectivity index (χ0n) is 8.18. The van der Waals surface area contributed by atoms with E-state index in [4.69, 9.17) is 15.9 Å². The molecule has 0 unspecified atom stereocenters. The van der Waals surface area contributed by atoms with Gasteiger partial charge in [0.25, 0.3) is 0 Å². The molecule has 3 nitrogen and oxygen atoms in total. The third kappa shape index (κ3) is 74.0. The van der Waals surface area contributed by atoms with Gasteiger partial charge in [0.05, 0.1) is 11.2 Å². The van der Waals surface area contributed by atoms with Crippen LogP contribution in [0.4, 0.5) is 0 Å². The van der Waals surface area contributed by atoms with Crippen molar-refractivity contribution in [3.05, 3.63) is 0 Å². The molecule has 4 N–H and O–H groups in total. The molecular formula is C8H21NO2. The van der Waals surface area contributed by atoms with E-state index < -0.39 is 11.2 Å². The minimum atomic E-state index is -0.681. The van der Waals surface area contributed by atoms with Gasteiger partial charge >= 0.3 is 0 Å². The Morgan fingerprint density at radius 2 is 1.09 bits per heavy atom. The number of rotatable bonds is 1. The number of hydrogen-bond acceptors (Lipinski definition) is 3. The van der Waals surface area contributed by atoms with Crippen LogP contribution in [0.3, 0.4) is 0 Å². The standard InChI is InChI=1S/C4H11NO.C4H10O/c1-4(2,6)3-5;1-4(2,3)5/h6H,3,5H2,1-2H3;5H,1-3H3. The van der Waals surface area contributed by atoms with Gasteiger partial charge in [0, 0.05) is 6.54 Å². The van der Waals surface area contributed by atoms with Crippen molar-refractivity contribution >= 4 is 0 Å². The van der Waals surface area contributed by atoms with Crippen LogP contribution in [0, 0.1) is 0 Å². The van der Waals surface area contributed by atoms with Gasteiger partial charge in [-0.15, -0.1) is 0 Å². The number of nitrogens with two attached hydrogens (primary N) is 1. The van der Waals surface area contributed by atoms with Gasteiger partial charge in [-0.3, -0.25) is 0 Å². The van der Waals surface area contributed by atoms with Crippen molar-refractivity contribution in [2.45, 2.75) is 45.8 Å². The van der Waals surface area contributed by atoms with Gasteiger partial charge in [0.1, 0.15) is 0 Å². The van der Waals surface area contributed by atoms with Crippen molar-refractivity contribution < 1.29 is 10.2 Å².